The summed E-state index contributed by atoms with van der Waals surface area (Å²) in [6.45, 7) is 4.59. The Morgan fingerprint density at radius 3 is 2.65 bits per heavy atom. The van der Waals surface area contributed by atoms with Crippen LogP contribution in [-0.4, -0.2) is 13.1 Å². The van der Waals surface area contributed by atoms with E-state index in [0.717, 1.165) is 30.8 Å². The highest BCUT2D eigenvalue weighted by molar-refractivity contribution is 5.39. The first-order valence-corrected chi connectivity index (χ1v) is 7.03. The molecule has 3 rings (SSSR count). The molecule has 2 nitrogen and oxygen atoms in total. The molecule has 0 bridgehead atoms. The van der Waals surface area contributed by atoms with Gasteiger partial charge in [-0.2, -0.15) is 0 Å². The lowest BCUT2D eigenvalue weighted by molar-refractivity contribution is 0.533. The first kappa shape index (κ1) is 13.3. The van der Waals surface area contributed by atoms with Gasteiger partial charge in [0.2, 0.25) is 0 Å². The van der Waals surface area contributed by atoms with Crippen LogP contribution in [0.1, 0.15) is 28.3 Å². The van der Waals surface area contributed by atoms with Gasteiger partial charge >= 0.3 is 0 Å². The van der Waals surface area contributed by atoms with Crippen molar-refractivity contribution in [1.29, 1.82) is 0 Å². The molecule has 1 unspecified atom stereocenters. The fraction of sp³-hybridized carbons (Fsp3) is 0.294. The standard InChI is InChI=1S/C17H19FN2/c1-12-2-4-13(5-3-12)17-16-7-6-15(18)10-14(16)11-19-8-9-20-17/h2-7,10,17,19-20H,8-9,11H2,1H3. The zero-order valence-corrected chi connectivity index (χ0v) is 11.6. The molecule has 1 aliphatic rings. The SMILES string of the molecule is Cc1ccc(C2NCCNCc3cc(F)ccc32)cc1. The summed E-state index contributed by atoms with van der Waals surface area (Å²) in [5.74, 6) is -0.172. The fourth-order valence-corrected chi connectivity index (χ4v) is 2.70. The molecule has 2 N–H and O–H groups in total. The average molecular weight is 270 g/mol. The number of halogens is 1. The minimum Gasteiger partial charge on any atom is -0.311 e. The monoisotopic (exact) mass is 270 g/mol. The predicted octanol–water partition coefficient (Wildman–Crippen LogP) is 2.92. The van der Waals surface area contributed by atoms with Crippen molar-refractivity contribution in [3.63, 3.8) is 0 Å². The van der Waals surface area contributed by atoms with Gasteiger partial charge in [0.25, 0.3) is 0 Å². The Morgan fingerprint density at radius 2 is 1.85 bits per heavy atom. The first-order valence-electron chi connectivity index (χ1n) is 7.03. The van der Waals surface area contributed by atoms with Gasteiger partial charge < -0.3 is 10.6 Å². The van der Waals surface area contributed by atoms with E-state index in [9.17, 15) is 4.39 Å². The van der Waals surface area contributed by atoms with Crippen molar-refractivity contribution in [2.24, 2.45) is 0 Å². The summed E-state index contributed by atoms with van der Waals surface area (Å²) in [4.78, 5) is 0. The zero-order chi connectivity index (χ0) is 13.9. The number of hydrogen-bond donors (Lipinski definition) is 2. The largest absolute Gasteiger partial charge is 0.311 e. The molecule has 0 spiro atoms. The van der Waals surface area contributed by atoms with E-state index < -0.39 is 0 Å². The smallest absolute Gasteiger partial charge is 0.123 e. The molecule has 0 saturated carbocycles. The lowest BCUT2D eigenvalue weighted by atomic mass is 9.93. The number of nitrogens with one attached hydrogen (secondary N) is 2. The molecular weight excluding hydrogens is 251 g/mol. The minimum atomic E-state index is -0.172. The van der Waals surface area contributed by atoms with E-state index >= 15 is 0 Å². The van der Waals surface area contributed by atoms with E-state index in [-0.39, 0.29) is 11.9 Å². The maximum Gasteiger partial charge on any atom is 0.123 e. The van der Waals surface area contributed by atoms with Crippen LogP contribution in [0.2, 0.25) is 0 Å². The van der Waals surface area contributed by atoms with Crippen molar-refractivity contribution in [2.75, 3.05) is 13.1 Å². The highest BCUT2D eigenvalue weighted by atomic mass is 19.1. The third kappa shape index (κ3) is 2.74. The molecule has 104 valence electrons. The highest BCUT2D eigenvalue weighted by Gasteiger charge is 2.19. The number of aryl methyl sites for hydroxylation is 1. The van der Waals surface area contributed by atoms with Gasteiger partial charge in [0.05, 0.1) is 6.04 Å². The molecule has 1 aliphatic heterocycles. The fourth-order valence-electron chi connectivity index (χ4n) is 2.70. The van der Waals surface area contributed by atoms with Gasteiger partial charge in [0, 0.05) is 19.6 Å². The number of rotatable bonds is 1. The molecule has 0 amide bonds. The summed E-state index contributed by atoms with van der Waals surface area (Å²) in [5, 5.41) is 6.87. The van der Waals surface area contributed by atoms with Crippen LogP contribution in [0.4, 0.5) is 4.39 Å². The summed E-state index contributed by atoms with van der Waals surface area (Å²) >= 11 is 0. The Hall–Kier alpha value is -1.71. The molecule has 1 atom stereocenters. The van der Waals surface area contributed by atoms with Crippen LogP contribution < -0.4 is 10.6 Å². The Labute approximate surface area is 119 Å². The Balaban J connectivity index is 2.04. The summed E-state index contributed by atoms with van der Waals surface area (Å²) in [7, 11) is 0. The summed E-state index contributed by atoms with van der Waals surface area (Å²) < 4.78 is 13.5. The van der Waals surface area contributed by atoms with Crippen molar-refractivity contribution in [3.8, 4) is 0 Å². The van der Waals surface area contributed by atoms with E-state index in [1.54, 1.807) is 12.1 Å². The van der Waals surface area contributed by atoms with Crippen LogP contribution in [0.25, 0.3) is 0 Å². The third-order valence-corrected chi connectivity index (χ3v) is 3.79. The van der Waals surface area contributed by atoms with E-state index in [2.05, 4.69) is 41.8 Å². The quantitative estimate of drug-likeness (QED) is 0.832. The van der Waals surface area contributed by atoms with E-state index in [0.29, 0.717) is 0 Å². The normalized spacial score (nSPS) is 19.0. The molecule has 0 fully saturated rings. The van der Waals surface area contributed by atoms with Gasteiger partial charge in [-0.15, -0.1) is 0 Å². The summed E-state index contributed by atoms with van der Waals surface area (Å²) in [5.41, 5.74) is 4.66. The molecule has 0 aliphatic carbocycles. The number of hydrogen-bond acceptors (Lipinski definition) is 2. The second-order valence-electron chi connectivity index (χ2n) is 5.32. The number of fused-ring (bicyclic) bond motifs is 1. The van der Waals surface area contributed by atoms with Crippen LogP contribution in [0.5, 0.6) is 0 Å². The average Bonchev–Trinajstić information content (AvgIpc) is 2.42. The van der Waals surface area contributed by atoms with E-state index in [4.69, 9.17) is 0 Å². The van der Waals surface area contributed by atoms with E-state index in [1.807, 2.05) is 6.07 Å². The lowest BCUT2D eigenvalue weighted by Crippen LogP contribution is -2.34. The van der Waals surface area contributed by atoms with Crippen LogP contribution in [0.3, 0.4) is 0 Å². The Bertz CT molecular complexity index is 592. The van der Waals surface area contributed by atoms with Gasteiger partial charge in [-0.3, -0.25) is 0 Å². The second-order valence-corrected chi connectivity index (χ2v) is 5.32. The van der Waals surface area contributed by atoms with Crippen molar-refractivity contribution >= 4 is 0 Å². The van der Waals surface area contributed by atoms with Gasteiger partial charge in [-0.25, -0.2) is 4.39 Å². The highest BCUT2D eigenvalue weighted by Crippen LogP contribution is 2.27. The molecule has 0 saturated heterocycles. The first-order chi connectivity index (χ1) is 9.74. The van der Waals surface area contributed by atoms with Crippen molar-refractivity contribution < 1.29 is 4.39 Å². The van der Waals surface area contributed by atoms with Crippen molar-refractivity contribution in [2.45, 2.75) is 19.5 Å². The predicted molar refractivity (Wildman–Crippen MR) is 79.1 cm³/mol. The molecule has 2 aromatic rings. The van der Waals surface area contributed by atoms with E-state index in [1.165, 1.54) is 11.1 Å². The Morgan fingerprint density at radius 1 is 1.05 bits per heavy atom. The van der Waals surface area contributed by atoms with Crippen molar-refractivity contribution in [1.82, 2.24) is 10.6 Å². The molecule has 1 heterocycles. The van der Waals surface area contributed by atoms with Crippen LogP contribution in [0, 0.1) is 12.7 Å². The van der Waals surface area contributed by atoms with Gasteiger partial charge in [0.1, 0.15) is 5.82 Å². The molecule has 20 heavy (non-hydrogen) atoms. The van der Waals surface area contributed by atoms with Crippen LogP contribution in [-0.2, 0) is 6.54 Å². The minimum absolute atomic E-state index is 0.133. The van der Waals surface area contributed by atoms with Gasteiger partial charge in [-0.1, -0.05) is 35.9 Å². The number of benzene rings is 2. The van der Waals surface area contributed by atoms with Crippen LogP contribution >= 0.6 is 0 Å². The molecular formula is C17H19FN2. The van der Waals surface area contributed by atoms with Crippen molar-refractivity contribution in [3.05, 3.63) is 70.5 Å². The Kier molecular flexibility index (Phi) is 3.81. The maximum atomic E-state index is 13.5. The van der Waals surface area contributed by atoms with Gasteiger partial charge in [0.15, 0.2) is 0 Å². The van der Waals surface area contributed by atoms with Gasteiger partial charge in [-0.05, 0) is 35.7 Å². The topological polar surface area (TPSA) is 24.1 Å². The summed E-state index contributed by atoms with van der Waals surface area (Å²) in [6.07, 6.45) is 0. The maximum absolute atomic E-state index is 13.5. The third-order valence-electron chi connectivity index (χ3n) is 3.79. The molecule has 0 aromatic heterocycles. The molecule has 3 heteroatoms. The lowest BCUT2D eigenvalue weighted by Gasteiger charge is -2.25. The second kappa shape index (κ2) is 5.73. The van der Waals surface area contributed by atoms with Crippen LogP contribution in [0.15, 0.2) is 42.5 Å². The molecule has 0 radical (unpaired) electrons. The summed E-state index contributed by atoms with van der Waals surface area (Å²) in [6, 6.07) is 13.8. The zero-order valence-electron chi connectivity index (χ0n) is 11.6. The molecule has 2 aromatic carbocycles.